The Bertz CT molecular complexity index is 384. The molecule has 3 atom stereocenters. The second-order valence-electron chi connectivity index (χ2n) is 7.66. The largest absolute Gasteiger partial charge is 0.312 e. The Hall–Kier alpha value is -0.0900. The summed E-state index contributed by atoms with van der Waals surface area (Å²) in [5, 5.41) is 3.60. The third-order valence-corrected chi connectivity index (χ3v) is 5.56. The van der Waals surface area contributed by atoms with E-state index >= 15 is 0 Å². The highest BCUT2D eigenvalue weighted by atomic mass is 32.2. The lowest BCUT2D eigenvalue weighted by Gasteiger charge is -2.37. The molecule has 3 unspecified atom stereocenters. The minimum Gasteiger partial charge on any atom is -0.312 e. The summed E-state index contributed by atoms with van der Waals surface area (Å²) in [7, 11) is -2.83. The Morgan fingerprint density at radius 3 is 2.30 bits per heavy atom. The van der Waals surface area contributed by atoms with Crippen molar-refractivity contribution in [3.05, 3.63) is 0 Å². The van der Waals surface area contributed by atoms with Crippen molar-refractivity contribution in [3.8, 4) is 0 Å². The van der Waals surface area contributed by atoms with E-state index in [0.29, 0.717) is 17.6 Å². The van der Waals surface area contributed by atoms with E-state index in [4.69, 9.17) is 0 Å². The van der Waals surface area contributed by atoms with E-state index in [-0.39, 0.29) is 5.54 Å². The standard InChI is InChI=1S/C16H33NO2S/c1-6-13-7-8-15(12-17-16(2,3)4)14(11-13)9-10-20(5,18)19/h13-15,17H,6-12H2,1-5H3. The van der Waals surface area contributed by atoms with Gasteiger partial charge in [-0.05, 0) is 64.3 Å². The number of nitrogens with one attached hydrogen (secondary N) is 1. The Balaban J connectivity index is 2.59. The first-order valence-corrected chi connectivity index (χ1v) is 10.1. The van der Waals surface area contributed by atoms with Crippen LogP contribution in [0.1, 0.15) is 59.8 Å². The zero-order valence-corrected chi connectivity index (χ0v) is 14.7. The van der Waals surface area contributed by atoms with Gasteiger partial charge in [0, 0.05) is 11.8 Å². The highest BCUT2D eigenvalue weighted by Crippen LogP contribution is 2.37. The third-order valence-electron chi connectivity index (χ3n) is 4.58. The Morgan fingerprint density at radius 1 is 1.15 bits per heavy atom. The molecule has 0 aromatic heterocycles. The minimum atomic E-state index is -2.83. The lowest BCUT2D eigenvalue weighted by molar-refractivity contribution is 0.160. The van der Waals surface area contributed by atoms with Crippen LogP contribution >= 0.6 is 0 Å². The fourth-order valence-corrected chi connectivity index (χ4v) is 3.95. The molecule has 1 aliphatic rings. The normalized spacial score (nSPS) is 28.6. The molecule has 1 saturated carbocycles. The Labute approximate surface area is 125 Å². The summed E-state index contributed by atoms with van der Waals surface area (Å²) >= 11 is 0. The van der Waals surface area contributed by atoms with Crippen molar-refractivity contribution >= 4 is 9.84 Å². The zero-order chi connectivity index (χ0) is 15.4. The molecule has 0 aliphatic heterocycles. The van der Waals surface area contributed by atoms with Crippen molar-refractivity contribution in [2.45, 2.75) is 65.3 Å². The lowest BCUT2D eigenvalue weighted by atomic mass is 9.72. The molecule has 4 heteroatoms. The maximum absolute atomic E-state index is 11.4. The molecule has 0 heterocycles. The van der Waals surface area contributed by atoms with E-state index in [1.165, 1.54) is 31.9 Å². The van der Waals surface area contributed by atoms with E-state index in [2.05, 4.69) is 33.0 Å². The van der Waals surface area contributed by atoms with Crippen LogP contribution in [0, 0.1) is 17.8 Å². The quantitative estimate of drug-likeness (QED) is 0.819. The van der Waals surface area contributed by atoms with Crippen molar-refractivity contribution in [1.82, 2.24) is 5.32 Å². The first kappa shape index (κ1) is 18.0. The summed E-state index contributed by atoms with van der Waals surface area (Å²) in [5.74, 6) is 2.35. The number of hydrogen-bond donors (Lipinski definition) is 1. The molecule has 1 aliphatic carbocycles. The molecule has 0 aromatic carbocycles. The van der Waals surface area contributed by atoms with Crippen LogP contribution in [0.4, 0.5) is 0 Å². The SMILES string of the molecule is CCC1CCC(CNC(C)(C)C)C(CCS(C)(=O)=O)C1. The van der Waals surface area contributed by atoms with E-state index < -0.39 is 9.84 Å². The first-order valence-electron chi connectivity index (χ1n) is 8.03. The van der Waals surface area contributed by atoms with Gasteiger partial charge in [-0.3, -0.25) is 0 Å². The van der Waals surface area contributed by atoms with Gasteiger partial charge in [-0.2, -0.15) is 0 Å². The van der Waals surface area contributed by atoms with Gasteiger partial charge in [-0.15, -0.1) is 0 Å². The van der Waals surface area contributed by atoms with Gasteiger partial charge >= 0.3 is 0 Å². The van der Waals surface area contributed by atoms with Crippen LogP contribution in [0.25, 0.3) is 0 Å². The van der Waals surface area contributed by atoms with Crippen molar-refractivity contribution in [2.75, 3.05) is 18.6 Å². The van der Waals surface area contributed by atoms with Gasteiger partial charge in [0.15, 0.2) is 0 Å². The van der Waals surface area contributed by atoms with Crippen LogP contribution in [0.3, 0.4) is 0 Å². The predicted molar refractivity (Wildman–Crippen MR) is 86.7 cm³/mol. The van der Waals surface area contributed by atoms with Crippen molar-refractivity contribution in [1.29, 1.82) is 0 Å². The third kappa shape index (κ3) is 7.07. The van der Waals surface area contributed by atoms with Crippen LogP contribution in [0.5, 0.6) is 0 Å². The second kappa shape index (κ2) is 7.26. The fourth-order valence-electron chi connectivity index (χ4n) is 3.22. The smallest absolute Gasteiger partial charge is 0.147 e. The first-order chi connectivity index (χ1) is 9.11. The molecule has 1 fully saturated rings. The molecule has 0 radical (unpaired) electrons. The summed E-state index contributed by atoms with van der Waals surface area (Å²) in [5.41, 5.74) is 0.142. The summed E-state index contributed by atoms with van der Waals surface area (Å²) in [4.78, 5) is 0. The van der Waals surface area contributed by atoms with E-state index in [9.17, 15) is 8.42 Å². The molecule has 0 saturated heterocycles. The molecule has 0 aromatic rings. The molecule has 0 amide bonds. The van der Waals surface area contributed by atoms with E-state index in [0.717, 1.165) is 18.9 Å². The molecule has 0 spiro atoms. The van der Waals surface area contributed by atoms with Gasteiger partial charge < -0.3 is 5.32 Å². The van der Waals surface area contributed by atoms with Crippen LogP contribution in [0.15, 0.2) is 0 Å². The van der Waals surface area contributed by atoms with E-state index in [1.54, 1.807) is 0 Å². The Kier molecular flexibility index (Phi) is 6.52. The Morgan fingerprint density at radius 2 is 1.80 bits per heavy atom. The molecule has 1 N–H and O–H groups in total. The number of hydrogen-bond acceptors (Lipinski definition) is 3. The zero-order valence-electron chi connectivity index (χ0n) is 13.9. The molecule has 120 valence electrons. The average Bonchev–Trinajstić information content (AvgIpc) is 2.32. The summed E-state index contributed by atoms with van der Waals surface area (Å²) < 4.78 is 22.9. The highest BCUT2D eigenvalue weighted by molar-refractivity contribution is 7.90. The van der Waals surface area contributed by atoms with Crippen molar-refractivity contribution in [3.63, 3.8) is 0 Å². The molecule has 1 rings (SSSR count). The maximum Gasteiger partial charge on any atom is 0.147 e. The van der Waals surface area contributed by atoms with Gasteiger partial charge in [0.2, 0.25) is 0 Å². The minimum absolute atomic E-state index is 0.142. The van der Waals surface area contributed by atoms with Gasteiger partial charge in [0.1, 0.15) is 9.84 Å². The van der Waals surface area contributed by atoms with Gasteiger partial charge in [-0.25, -0.2) is 8.42 Å². The summed E-state index contributed by atoms with van der Waals surface area (Å²) in [6, 6.07) is 0. The monoisotopic (exact) mass is 303 g/mol. The number of rotatable bonds is 6. The molecular weight excluding hydrogens is 270 g/mol. The molecule has 20 heavy (non-hydrogen) atoms. The summed E-state index contributed by atoms with van der Waals surface area (Å²) in [6.07, 6.45) is 7.19. The number of sulfone groups is 1. The molecule has 0 bridgehead atoms. The highest BCUT2D eigenvalue weighted by Gasteiger charge is 2.30. The van der Waals surface area contributed by atoms with Gasteiger partial charge in [-0.1, -0.05) is 19.8 Å². The molecular formula is C16H33NO2S. The van der Waals surface area contributed by atoms with E-state index in [1.807, 2.05) is 0 Å². The predicted octanol–water partition coefficient (Wildman–Crippen LogP) is 3.25. The van der Waals surface area contributed by atoms with Gasteiger partial charge in [0.25, 0.3) is 0 Å². The van der Waals surface area contributed by atoms with Crippen LogP contribution in [-0.4, -0.2) is 32.5 Å². The second-order valence-corrected chi connectivity index (χ2v) is 9.92. The van der Waals surface area contributed by atoms with Crippen LogP contribution < -0.4 is 5.32 Å². The van der Waals surface area contributed by atoms with Crippen LogP contribution in [0.2, 0.25) is 0 Å². The topological polar surface area (TPSA) is 46.2 Å². The lowest BCUT2D eigenvalue weighted by Crippen LogP contribution is -2.42. The van der Waals surface area contributed by atoms with Gasteiger partial charge in [0.05, 0.1) is 5.75 Å². The molecule has 3 nitrogen and oxygen atoms in total. The fraction of sp³-hybridized carbons (Fsp3) is 1.00. The van der Waals surface area contributed by atoms with Crippen LogP contribution in [-0.2, 0) is 9.84 Å². The van der Waals surface area contributed by atoms with Crippen molar-refractivity contribution < 1.29 is 8.42 Å². The average molecular weight is 304 g/mol. The van der Waals surface area contributed by atoms with Crippen molar-refractivity contribution in [2.24, 2.45) is 17.8 Å². The maximum atomic E-state index is 11.4. The summed E-state index contributed by atoms with van der Waals surface area (Å²) in [6.45, 7) is 9.85.